The van der Waals surface area contributed by atoms with E-state index in [0.29, 0.717) is 13.0 Å². The number of likely N-dealkylation sites (tertiary alicyclic amines) is 1. The maximum Gasteiger partial charge on any atom is 0.311 e. The number of aryl methyl sites for hydroxylation is 2. The van der Waals surface area contributed by atoms with Gasteiger partial charge >= 0.3 is 5.97 Å². The van der Waals surface area contributed by atoms with E-state index in [4.69, 9.17) is 0 Å². The fraction of sp³-hybridized carbons (Fsp3) is 0.650. The highest BCUT2D eigenvalue weighted by Crippen LogP contribution is 2.47. The van der Waals surface area contributed by atoms with Gasteiger partial charge < -0.3 is 15.0 Å². The molecule has 1 aromatic heterocycles. The fourth-order valence-corrected chi connectivity index (χ4v) is 5.14. The Labute approximate surface area is 152 Å². The topological polar surface area (TPSA) is 90.5 Å². The van der Waals surface area contributed by atoms with Crippen LogP contribution in [0.25, 0.3) is 0 Å². The van der Waals surface area contributed by atoms with Gasteiger partial charge in [0.2, 0.25) is 0 Å². The zero-order chi connectivity index (χ0) is 18.3. The van der Waals surface area contributed by atoms with E-state index in [2.05, 4.69) is 4.98 Å². The van der Waals surface area contributed by atoms with Gasteiger partial charge in [-0.15, -0.1) is 0 Å². The van der Waals surface area contributed by atoms with Crippen molar-refractivity contribution in [3.63, 3.8) is 0 Å². The van der Waals surface area contributed by atoms with Crippen LogP contribution in [-0.4, -0.2) is 40.0 Å². The number of H-pyrrole nitrogens is 1. The smallest absolute Gasteiger partial charge is 0.311 e. The second-order valence-electron chi connectivity index (χ2n) is 8.17. The molecule has 1 aromatic rings. The van der Waals surface area contributed by atoms with Crippen LogP contribution in [0.4, 0.5) is 0 Å². The minimum Gasteiger partial charge on any atom is -0.481 e. The lowest BCUT2D eigenvalue weighted by atomic mass is 9.68. The van der Waals surface area contributed by atoms with Crippen molar-refractivity contribution < 1.29 is 14.7 Å². The van der Waals surface area contributed by atoms with Crippen LogP contribution in [0.5, 0.6) is 0 Å². The molecule has 2 aliphatic carbocycles. The molecule has 6 heteroatoms. The van der Waals surface area contributed by atoms with Crippen LogP contribution >= 0.6 is 0 Å². The maximum atomic E-state index is 13.1. The SMILES string of the molecule is O=C(c1cc2c([nH]c1=O)CCCCC2)N1C[C@H]2CCCC[C@@]2(C(=O)O)C1. The molecule has 6 nitrogen and oxygen atoms in total. The number of hydrogen-bond acceptors (Lipinski definition) is 3. The lowest BCUT2D eigenvalue weighted by Crippen LogP contribution is -2.42. The number of carbonyl (C=O) groups is 2. The van der Waals surface area contributed by atoms with Gasteiger partial charge in [0.15, 0.2) is 0 Å². The van der Waals surface area contributed by atoms with E-state index in [1.165, 1.54) is 0 Å². The molecule has 1 saturated heterocycles. The first-order valence-electron chi connectivity index (χ1n) is 9.79. The highest BCUT2D eigenvalue weighted by Gasteiger charge is 2.54. The van der Waals surface area contributed by atoms with Gasteiger partial charge in [-0.25, -0.2) is 0 Å². The van der Waals surface area contributed by atoms with Crippen molar-refractivity contribution in [1.29, 1.82) is 0 Å². The summed E-state index contributed by atoms with van der Waals surface area (Å²) in [5.41, 5.74) is 1.03. The Kier molecular flexibility index (Phi) is 4.37. The number of aromatic nitrogens is 1. The zero-order valence-electron chi connectivity index (χ0n) is 15.1. The highest BCUT2D eigenvalue weighted by atomic mass is 16.4. The molecule has 0 unspecified atom stereocenters. The fourth-order valence-electron chi connectivity index (χ4n) is 5.14. The van der Waals surface area contributed by atoms with Crippen LogP contribution in [0.3, 0.4) is 0 Å². The monoisotopic (exact) mass is 358 g/mol. The van der Waals surface area contributed by atoms with Crippen molar-refractivity contribution in [2.24, 2.45) is 11.3 Å². The second-order valence-corrected chi connectivity index (χ2v) is 8.17. The van der Waals surface area contributed by atoms with E-state index in [9.17, 15) is 19.5 Å². The number of amides is 1. The Balaban J connectivity index is 1.63. The van der Waals surface area contributed by atoms with Crippen LogP contribution in [0.2, 0.25) is 0 Å². The summed E-state index contributed by atoms with van der Waals surface area (Å²) in [5, 5.41) is 9.81. The number of carboxylic acid groups (broad SMARTS) is 1. The molecule has 140 valence electrons. The van der Waals surface area contributed by atoms with Crippen LogP contribution in [0.15, 0.2) is 10.9 Å². The molecule has 0 radical (unpaired) electrons. The number of pyridine rings is 1. The third-order valence-electron chi connectivity index (χ3n) is 6.65. The van der Waals surface area contributed by atoms with Crippen molar-refractivity contribution in [3.8, 4) is 0 Å². The number of fused-ring (bicyclic) bond motifs is 2. The average Bonchev–Trinajstić information content (AvgIpc) is 2.89. The standard InChI is InChI=1S/C20H26N2O4/c23-17-15(10-13-6-2-1-3-8-16(13)21-17)18(24)22-11-14-7-4-5-9-20(14,12-22)19(25)26/h10,14H,1-9,11-12H2,(H,21,23)(H,25,26)/t14-,20-/m1/s1. The van der Waals surface area contributed by atoms with Gasteiger partial charge in [0, 0.05) is 18.8 Å². The molecule has 1 saturated carbocycles. The van der Waals surface area contributed by atoms with E-state index >= 15 is 0 Å². The minimum atomic E-state index is -0.827. The summed E-state index contributed by atoms with van der Waals surface area (Å²) in [6, 6.07) is 1.76. The van der Waals surface area contributed by atoms with E-state index in [1.54, 1.807) is 11.0 Å². The number of carbonyl (C=O) groups excluding carboxylic acids is 1. The first-order chi connectivity index (χ1) is 12.5. The van der Waals surface area contributed by atoms with Crippen molar-refractivity contribution in [3.05, 3.63) is 33.2 Å². The van der Waals surface area contributed by atoms with Crippen molar-refractivity contribution in [2.75, 3.05) is 13.1 Å². The summed E-state index contributed by atoms with van der Waals surface area (Å²) >= 11 is 0. The molecule has 0 aromatic carbocycles. The van der Waals surface area contributed by atoms with Gasteiger partial charge in [0.25, 0.3) is 11.5 Å². The Morgan fingerprint density at radius 3 is 2.73 bits per heavy atom. The number of hydrogen-bond donors (Lipinski definition) is 2. The van der Waals surface area contributed by atoms with Gasteiger partial charge in [-0.3, -0.25) is 14.4 Å². The van der Waals surface area contributed by atoms with E-state index in [0.717, 1.165) is 62.6 Å². The van der Waals surface area contributed by atoms with Gasteiger partial charge in [-0.05, 0) is 56.1 Å². The summed E-state index contributed by atoms with van der Waals surface area (Å²) in [4.78, 5) is 42.0. The average molecular weight is 358 g/mol. The first kappa shape index (κ1) is 17.3. The Morgan fingerprint density at radius 2 is 1.96 bits per heavy atom. The Morgan fingerprint density at radius 1 is 1.15 bits per heavy atom. The van der Waals surface area contributed by atoms with Crippen molar-refractivity contribution in [2.45, 2.75) is 57.8 Å². The summed E-state index contributed by atoms with van der Waals surface area (Å²) in [6.45, 7) is 0.671. The third kappa shape index (κ3) is 2.75. The molecule has 1 aliphatic heterocycles. The molecular formula is C20H26N2O4. The number of rotatable bonds is 2. The molecule has 2 atom stereocenters. The normalized spacial score (nSPS) is 28.2. The van der Waals surface area contributed by atoms with Crippen molar-refractivity contribution in [1.82, 2.24) is 9.88 Å². The summed E-state index contributed by atoms with van der Waals surface area (Å²) in [7, 11) is 0. The number of aliphatic carboxylic acids is 1. The lowest BCUT2D eigenvalue weighted by molar-refractivity contribution is -0.152. The van der Waals surface area contributed by atoms with E-state index in [-0.39, 0.29) is 29.5 Å². The zero-order valence-corrected chi connectivity index (χ0v) is 15.1. The molecule has 3 aliphatic rings. The third-order valence-corrected chi connectivity index (χ3v) is 6.65. The van der Waals surface area contributed by atoms with Gasteiger partial charge in [-0.2, -0.15) is 0 Å². The molecule has 1 amide bonds. The number of nitrogens with one attached hydrogen (secondary N) is 1. The number of aromatic amines is 1. The Bertz CT molecular complexity index is 799. The predicted molar refractivity (Wildman–Crippen MR) is 96.3 cm³/mol. The van der Waals surface area contributed by atoms with E-state index < -0.39 is 11.4 Å². The molecular weight excluding hydrogens is 332 g/mol. The van der Waals surface area contributed by atoms with Gasteiger partial charge in [0.1, 0.15) is 5.56 Å². The molecule has 0 bridgehead atoms. The molecule has 2 fully saturated rings. The predicted octanol–water partition coefficient (Wildman–Crippen LogP) is 2.36. The number of carboxylic acids is 1. The second kappa shape index (κ2) is 6.56. The summed E-state index contributed by atoms with van der Waals surface area (Å²) in [6.07, 6.45) is 8.38. The van der Waals surface area contributed by atoms with Crippen LogP contribution in [0.1, 0.15) is 66.6 Å². The maximum absolute atomic E-state index is 13.1. The van der Waals surface area contributed by atoms with Gasteiger partial charge in [0.05, 0.1) is 5.41 Å². The highest BCUT2D eigenvalue weighted by molar-refractivity contribution is 5.95. The first-order valence-corrected chi connectivity index (χ1v) is 9.79. The van der Waals surface area contributed by atoms with Crippen LogP contribution in [-0.2, 0) is 17.6 Å². The molecule has 2 N–H and O–H groups in total. The summed E-state index contributed by atoms with van der Waals surface area (Å²) in [5.74, 6) is -1.11. The Hall–Kier alpha value is -2.11. The largest absolute Gasteiger partial charge is 0.481 e. The molecule has 2 heterocycles. The molecule has 0 spiro atoms. The van der Waals surface area contributed by atoms with Crippen LogP contribution < -0.4 is 5.56 Å². The van der Waals surface area contributed by atoms with Gasteiger partial charge in [-0.1, -0.05) is 19.3 Å². The molecule has 26 heavy (non-hydrogen) atoms. The number of nitrogens with zero attached hydrogens (tertiary/aromatic N) is 1. The van der Waals surface area contributed by atoms with Crippen LogP contribution in [0, 0.1) is 11.3 Å². The molecule has 4 rings (SSSR count). The van der Waals surface area contributed by atoms with E-state index in [1.807, 2.05) is 0 Å². The quantitative estimate of drug-likeness (QED) is 0.794. The summed E-state index contributed by atoms with van der Waals surface area (Å²) < 4.78 is 0. The lowest BCUT2D eigenvalue weighted by Gasteiger charge is -2.34. The van der Waals surface area contributed by atoms with Crippen molar-refractivity contribution >= 4 is 11.9 Å². The minimum absolute atomic E-state index is 0.00221.